The Morgan fingerprint density at radius 3 is 2.26 bits per heavy atom. The number of aryl methyl sites for hydroxylation is 1. The van der Waals surface area contributed by atoms with Gasteiger partial charge in [-0.25, -0.2) is 4.79 Å². The second-order valence-corrected chi connectivity index (χ2v) is 5.96. The SMILES string of the molecule is CCc1ccccc1CC(Oc1ccccc1C(C)C)C(=O)O. The molecule has 0 spiro atoms. The van der Waals surface area contributed by atoms with Gasteiger partial charge in [0.25, 0.3) is 0 Å². The molecule has 1 unspecified atom stereocenters. The van der Waals surface area contributed by atoms with Crippen LogP contribution in [0.4, 0.5) is 0 Å². The van der Waals surface area contributed by atoms with Gasteiger partial charge in [-0.15, -0.1) is 0 Å². The highest BCUT2D eigenvalue weighted by Crippen LogP contribution is 2.27. The maximum absolute atomic E-state index is 11.7. The normalized spacial score (nSPS) is 12.2. The smallest absolute Gasteiger partial charge is 0.345 e. The van der Waals surface area contributed by atoms with E-state index in [2.05, 4.69) is 20.8 Å². The van der Waals surface area contributed by atoms with Crippen LogP contribution in [0.15, 0.2) is 48.5 Å². The lowest BCUT2D eigenvalue weighted by atomic mass is 9.99. The molecule has 0 amide bonds. The topological polar surface area (TPSA) is 46.5 Å². The van der Waals surface area contributed by atoms with Gasteiger partial charge in [-0.2, -0.15) is 0 Å². The van der Waals surface area contributed by atoms with Crippen molar-refractivity contribution < 1.29 is 14.6 Å². The molecule has 0 aliphatic rings. The Bertz CT molecular complexity index is 661. The molecule has 0 aliphatic carbocycles. The summed E-state index contributed by atoms with van der Waals surface area (Å²) in [5, 5.41) is 9.56. The number of aliphatic carboxylic acids is 1. The maximum atomic E-state index is 11.7. The van der Waals surface area contributed by atoms with Crippen LogP contribution >= 0.6 is 0 Å². The van der Waals surface area contributed by atoms with Crippen LogP contribution in [0.1, 0.15) is 43.4 Å². The van der Waals surface area contributed by atoms with Gasteiger partial charge in [-0.1, -0.05) is 63.2 Å². The second kappa shape index (κ2) is 7.82. The highest BCUT2D eigenvalue weighted by Gasteiger charge is 2.22. The van der Waals surface area contributed by atoms with E-state index in [1.807, 2.05) is 48.5 Å². The van der Waals surface area contributed by atoms with Crippen LogP contribution in [0.2, 0.25) is 0 Å². The first-order chi connectivity index (χ1) is 11.0. The third-order valence-corrected chi connectivity index (χ3v) is 3.99. The molecule has 2 aromatic carbocycles. The predicted molar refractivity (Wildman–Crippen MR) is 92.1 cm³/mol. The molecule has 0 bridgehead atoms. The molecule has 2 rings (SSSR count). The van der Waals surface area contributed by atoms with E-state index in [0.717, 1.165) is 17.5 Å². The fourth-order valence-electron chi connectivity index (χ4n) is 2.70. The Labute approximate surface area is 137 Å². The summed E-state index contributed by atoms with van der Waals surface area (Å²) in [6, 6.07) is 15.6. The largest absolute Gasteiger partial charge is 0.478 e. The van der Waals surface area contributed by atoms with E-state index in [4.69, 9.17) is 4.74 Å². The summed E-state index contributed by atoms with van der Waals surface area (Å²) in [7, 11) is 0. The molecule has 0 radical (unpaired) electrons. The number of hydrogen-bond acceptors (Lipinski definition) is 2. The first-order valence-electron chi connectivity index (χ1n) is 8.08. The van der Waals surface area contributed by atoms with Crippen molar-refractivity contribution in [3.05, 3.63) is 65.2 Å². The minimum atomic E-state index is -0.936. The van der Waals surface area contributed by atoms with E-state index < -0.39 is 12.1 Å². The average Bonchev–Trinajstić information content (AvgIpc) is 2.54. The van der Waals surface area contributed by atoms with Crippen LogP contribution < -0.4 is 4.74 Å². The highest BCUT2D eigenvalue weighted by atomic mass is 16.5. The van der Waals surface area contributed by atoms with E-state index in [0.29, 0.717) is 12.2 Å². The zero-order chi connectivity index (χ0) is 16.8. The predicted octanol–water partition coefficient (Wildman–Crippen LogP) is 4.45. The van der Waals surface area contributed by atoms with Crippen molar-refractivity contribution in [2.45, 2.75) is 45.6 Å². The number of para-hydroxylation sites is 1. The van der Waals surface area contributed by atoms with Crippen molar-refractivity contribution in [3.8, 4) is 5.75 Å². The van der Waals surface area contributed by atoms with E-state index >= 15 is 0 Å². The molecular weight excluding hydrogens is 288 g/mol. The van der Waals surface area contributed by atoms with E-state index in [1.54, 1.807) is 0 Å². The lowest BCUT2D eigenvalue weighted by Gasteiger charge is -2.20. The molecule has 1 N–H and O–H groups in total. The standard InChI is InChI=1S/C20H24O3/c1-4-15-9-5-6-10-16(15)13-19(20(21)22)23-18-12-8-7-11-17(18)14(2)3/h5-12,14,19H,4,13H2,1-3H3,(H,21,22). The zero-order valence-electron chi connectivity index (χ0n) is 14.0. The number of ether oxygens (including phenoxy) is 1. The summed E-state index contributed by atoms with van der Waals surface area (Å²) in [4.78, 5) is 11.7. The highest BCUT2D eigenvalue weighted by molar-refractivity contribution is 5.73. The number of carboxylic acids is 1. The van der Waals surface area contributed by atoms with Gasteiger partial charge in [-0.05, 0) is 35.1 Å². The molecule has 0 heterocycles. The molecule has 0 fully saturated rings. The van der Waals surface area contributed by atoms with Gasteiger partial charge < -0.3 is 9.84 Å². The number of benzene rings is 2. The van der Waals surface area contributed by atoms with Crippen molar-refractivity contribution in [3.63, 3.8) is 0 Å². The Morgan fingerprint density at radius 1 is 1.04 bits per heavy atom. The van der Waals surface area contributed by atoms with E-state index in [-0.39, 0.29) is 5.92 Å². The molecule has 3 nitrogen and oxygen atoms in total. The van der Waals surface area contributed by atoms with Crippen molar-refractivity contribution in [1.82, 2.24) is 0 Å². The van der Waals surface area contributed by atoms with Crippen LogP contribution in [0.25, 0.3) is 0 Å². The van der Waals surface area contributed by atoms with Gasteiger partial charge in [0.1, 0.15) is 5.75 Å². The molecule has 1 atom stereocenters. The van der Waals surface area contributed by atoms with Gasteiger partial charge in [0.05, 0.1) is 0 Å². The molecule has 0 aliphatic heterocycles. The number of carbonyl (C=O) groups is 1. The zero-order valence-corrected chi connectivity index (χ0v) is 14.0. The lowest BCUT2D eigenvalue weighted by molar-refractivity contribution is -0.145. The van der Waals surface area contributed by atoms with Crippen molar-refractivity contribution in [2.75, 3.05) is 0 Å². The quantitative estimate of drug-likeness (QED) is 0.821. The average molecular weight is 312 g/mol. The van der Waals surface area contributed by atoms with Gasteiger partial charge in [0.2, 0.25) is 0 Å². The van der Waals surface area contributed by atoms with Crippen molar-refractivity contribution >= 4 is 5.97 Å². The van der Waals surface area contributed by atoms with Gasteiger partial charge in [-0.3, -0.25) is 0 Å². The molecule has 0 saturated heterocycles. The van der Waals surface area contributed by atoms with Crippen molar-refractivity contribution in [2.24, 2.45) is 0 Å². The summed E-state index contributed by atoms with van der Waals surface area (Å²) in [5.41, 5.74) is 3.23. The fourth-order valence-corrected chi connectivity index (χ4v) is 2.70. The van der Waals surface area contributed by atoms with Gasteiger partial charge in [0, 0.05) is 6.42 Å². The van der Waals surface area contributed by atoms with Crippen LogP contribution in [-0.2, 0) is 17.6 Å². The van der Waals surface area contributed by atoms with Crippen LogP contribution in [0.3, 0.4) is 0 Å². The monoisotopic (exact) mass is 312 g/mol. The third-order valence-electron chi connectivity index (χ3n) is 3.99. The maximum Gasteiger partial charge on any atom is 0.345 e. The van der Waals surface area contributed by atoms with Gasteiger partial charge >= 0.3 is 5.97 Å². The summed E-state index contributed by atoms with van der Waals surface area (Å²) < 4.78 is 5.87. The van der Waals surface area contributed by atoms with Crippen LogP contribution in [-0.4, -0.2) is 17.2 Å². The van der Waals surface area contributed by atoms with E-state index in [9.17, 15) is 9.90 Å². The molecule has 0 saturated carbocycles. The van der Waals surface area contributed by atoms with Crippen LogP contribution in [0.5, 0.6) is 5.75 Å². The molecule has 23 heavy (non-hydrogen) atoms. The first kappa shape index (κ1) is 17.1. The lowest BCUT2D eigenvalue weighted by Crippen LogP contribution is -2.30. The number of carboxylic acid groups (broad SMARTS) is 1. The van der Waals surface area contributed by atoms with Gasteiger partial charge in [0.15, 0.2) is 6.10 Å². The summed E-state index contributed by atoms with van der Waals surface area (Å²) in [5.74, 6) is 0.00178. The summed E-state index contributed by atoms with van der Waals surface area (Å²) in [6.45, 7) is 6.22. The third kappa shape index (κ3) is 4.35. The Morgan fingerprint density at radius 2 is 1.65 bits per heavy atom. The van der Waals surface area contributed by atoms with Crippen LogP contribution in [0, 0.1) is 0 Å². The Balaban J connectivity index is 2.25. The molecular formula is C20H24O3. The molecule has 2 aromatic rings. The Hall–Kier alpha value is -2.29. The number of hydrogen-bond donors (Lipinski definition) is 1. The second-order valence-electron chi connectivity index (χ2n) is 5.96. The summed E-state index contributed by atoms with van der Waals surface area (Å²) in [6.07, 6.45) is 0.360. The number of rotatable bonds is 7. The van der Waals surface area contributed by atoms with Crippen molar-refractivity contribution in [1.29, 1.82) is 0 Å². The summed E-state index contributed by atoms with van der Waals surface area (Å²) >= 11 is 0. The molecule has 3 heteroatoms. The minimum absolute atomic E-state index is 0.281. The molecule has 0 aromatic heterocycles. The Kier molecular flexibility index (Phi) is 5.80. The first-order valence-corrected chi connectivity index (χ1v) is 8.08. The van der Waals surface area contributed by atoms with E-state index in [1.165, 1.54) is 5.56 Å². The minimum Gasteiger partial charge on any atom is -0.478 e. The fraction of sp³-hybridized carbons (Fsp3) is 0.350. The molecule has 122 valence electrons.